The Labute approximate surface area is 110 Å². The van der Waals surface area contributed by atoms with Gasteiger partial charge in [-0.3, -0.25) is 9.88 Å². The summed E-state index contributed by atoms with van der Waals surface area (Å²) in [5.41, 5.74) is 1.45. The molecule has 18 heavy (non-hydrogen) atoms. The molecule has 0 spiro atoms. The van der Waals surface area contributed by atoms with Gasteiger partial charge in [0.25, 0.3) is 0 Å². The molecule has 2 N–H and O–H groups in total. The van der Waals surface area contributed by atoms with E-state index >= 15 is 0 Å². The quantitative estimate of drug-likeness (QED) is 0.779. The zero-order valence-electron chi connectivity index (χ0n) is 11.9. The summed E-state index contributed by atoms with van der Waals surface area (Å²) in [5.74, 6) is 0. The van der Waals surface area contributed by atoms with Crippen molar-refractivity contribution >= 4 is 5.69 Å². The number of hydrogen-bond acceptors (Lipinski definition) is 4. The molecule has 0 atom stereocenters. The molecule has 0 aliphatic carbocycles. The monoisotopic (exact) mass is 251 g/mol. The first-order valence-corrected chi connectivity index (χ1v) is 6.50. The predicted molar refractivity (Wildman–Crippen MR) is 75.6 cm³/mol. The fraction of sp³-hybridized carbons (Fsp3) is 0.643. The average Bonchev–Trinajstić information content (AvgIpc) is 2.24. The molecule has 0 unspecified atom stereocenters. The van der Waals surface area contributed by atoms with E-state index in [1.54, 1.807) is 0 Å². The third kappa shape index (κ3) is 5.98. The van der Waals surface area contributed by atoms with Crippen LogP contribution in [0.5, 0.6) is 0 Å². The zero-order valence-corrected chi connectivity index (χ0v) is 11.9. The smallest absolute Gasteiger partial charge is 0.0718 e. The van der Waals surface area contributed by atoms with Crippen molar-refractivity contribution in [2.24, 2.45) is 0 Å². The van der Waals surface area contributed by atoms with Crippen LogP contribution in [0.2, 0.25) is 0 Å². The van der Waals surface area contributed by atoms with Gasteiger partial charge in [-0.05, 0) is 39.4 Å². The minimum Gasteiger partial charge on any atom is -0.389 e. The number of nitrogens with one attached hydrogen (secondary N) is 1. The van der Waals surface area contributed by atoms with Gasteiger partial charge in [-0.25, -0.2) is 0 Å². The summed E-state index contributed by atoms with van der Waals surface area (Å²) < 4.78 is 0. The van der Waals surface area contributed by atoms with Gasteiger partial charge in [-0.15, -0.1) is 0 Å². The third-order valence-corrected chi connectivity index (χ3v) is 2.48. The second-order valence-corrected chi connectivity index (χ2v) is 5.45. The van der Waals surface area contributed by atoms with Gasteiger partial charge < -0.3 is 10.4 Å². The molecule has 1 rings (SSSR count). The minimum atomic E-state index is -0.674. The Balaban J connectivity index is 2.56. The maximum atomic E-state index is 9.76. The molecule has 0 amide bonds. The van der Waals surface area contributed by atoms with E-state index in [9.17, 15) is 5.11 Å². The molecule has 0 aliphatic rings. The summed E-state index contributed by atoms with van der Waals surface area (Å²) >= 11 is 0. The Morgan fingerprint density at radius 2 is 2.17 bits per heavy atom. The Bertz CT molecular complexity index is 360. The maximum Gasteiger partial charge on any atom is 0.0718 e. The van der Waals surface area contributed by atoms with Crippen LogP contribution in [-0.2, 0) is 6.54 Å². The first-order chi connectivity index (χ1) is 8.40. The summed E-state index contributed by atoms with van der Waals surface area (Å²) in [6, 6.07) is 4.05. The van der Waals surface area contributed by atoms with Crippen molar-refractivity contribution in [3.8, 4) is 0 Å². The van der Waals surface area contributed by atoms with Gasteiger partial charge >= 0.3 is 0 Å². The van der Waals surface area contributed by atoms with Crippen molar-refractivity contribution in [3.05, 3.63) is 24.0 Å². The number of hydrogen-bond donors (Lipinski definition) is 2. The summed E-state index contributed by atoms with van der Waals surface area (Å²) in [7, 11) is 1.99. The van der Waals surface area contributed by atoms with E-state index in [4.69, 9.17) is 0 Å². The van der Waals surface area contributed by atoms with Gasteiger partial charge in [0.2, 0.25) is 0 Å². The fourth-order valence-corrected chi connectivity index (χ4v) is 1.94. The highest BCUT2D eigenvalue weighted by Gasteiger charge is 2.15. The third-order valence-electron chi connectivity index (χ3n) is 2.48. The Morgan fingerprint density at radius 3 is 2.78 bits per heavy atom. The van der Waals surface area contributed by atoms with E-state index in [1.165, 1.54) is 0 Å². The molecule has 4 heteroatoms. The van der Waals surface area contributed by atoms with Crippen LogP contribution < -0.4 is 5.32 Å². The second-order valence-electron chi connectivity index (χ2n) is 5.45. The predicted octanol–water partition coefficient (Wildman–Crippen LogP) is 2.11. The van der Waals surface area contributed by atoms with Crippen molar-refractivity contribution < 1.29 is 5.11 Å². The molecule has 0 fully saturated rings. The minimum absolute atomic E-state index is 0.626. The van der Waals surface area contributed by atoms with Gasteiger partial charge in [-0.1, -0.05) is 6.92 Å². The van der Waals surface area contributed by atoms with Crippen LogP contribution in [-0.4, -0.2) is 40.7 Å². The molecule has 4 nitrogen and oxygen atoms in total. The average molecular weight is 251 g/mol. The Kier molecular flexibility index (Phi) is 5.56. The number of pyridine rings is 1. The largest absolute Gasteiger partial charge is 0.389 e. The van der Waals surface area contributed by atoms with E-state index in [2.05, 4.69) is 28.2 Å². The number of nitrogens with zero attached hydrogens (tertiary/aromatic N) is 2. The van der Waals surface area contributed by atoms with Crippen LogP contribution in [0.15, 0.2) is 18.3 Å². The number of aliphatic hydroxyl groups is 1. The van der Waals surface area contributed by atoms with E-state index in [1.807, 2.05) is 33.2 Å². The molecule has 102 valence electrons. The lowest BCUT2D eigenvalue weighted by atomic mass is 10.1. The lowest BCUT2D eigenvalue weighted by Crippen LogP contribution is -2.35. The first-order valence-electron chi connectivity index (χ1n) is 6.50. The normalized spacial score (nSPS) is 11.9. The zero-order chi connectivity index (χ0) is 13.6. The highest BCUT2D eigenvalue weighted by atomic mass is 16.3. The molecule has 1 aromatic heterocycles. The molecule has 0 saturated heterocycles. The highest BCUT2D eigenvalue weighted by molar-refractivity contribution is 5.43. The Hall–Kier alpha value is -1.13. The van der Waals surface area contributed by atoms with Crippen LogP contribution in [0.4, 0.5) is 5.69 Å². The van der Waals surface area contributed by atoms with Crippen molar-refractivity contribution in [1.29, 1.82) is 0 Å². The Morgan fingerprint density at radius 1 is 1.44 bits per heavy atom. The maximum absolute atomic E-state index is 9.76. The van der Waals surface area contributed by atoms with Crippen molar-refractivity contribution in [2.45, 2.75) is 39.3 Å². The van der Waals surface area contributed by atoms with Gasteiger partial charge in [0, 0.05) is 31.5 Å². The SMILES string of the molecule is CCCNc1ccnc(CN(C)CC(C)(C)O)c1. The summed E-state index contributed by atoms with van der Waals surface area (Å²) in [4.78, 5) is 6.43. The van der Waals surface area contributed by atoms with Crippen LogP contribution in [0.3, 0.4) is 0 Å². The standard InChI is InChI=1S/C14H25N3O/c1-5-7-15-12-6-8-16-13(9-12)10-17(4)11-14(2,3)18/h6,8-9,18H,5,7,10-11H2,1-4H3,(H,15,16). The van der Waals surface area contributed by atoms with Crippen molar-refractivity contribution in [2.75, 3.05) is 25.5 Å². The van der Waals surface area contributed by atoms with E-state index in [-0.39, 0.29) is 0 Å². The van der Waals surface area contributed by atoms with E-state index < -0.39 is 5.60 Å². The number of likely N-dealkylation sites (N-methyl/N-ethyl adjacent to an activating group) is 1. The molecule has 0 bridgehead atoms. The van der Waals surface area contributed by atoms with Crippen molar-refractivity contribution in [1.82, 2.24) is 9.88 Å². The van der Waals surface area contributed by atoms with E-state index in [0.29, 0.717) is 6.54 Å². The molecule has 0 saturated carbocycles. The molecule has 1 heterocycles. The van der Waals surface area contributed by atoms with Gasteiger partial charge in [0.15, 0.2) is 0 Å². The van der Waals surface area contributed by atoms with E-state index in [0.717, 1.165) is 30.9 Å². The number of rotatable bonds is 7. The lowest BCUT2D eigenvalue weighted by molar-refractivity contribution is 0.0422. The second kappa shape index (κ2) is 6.71. The highest BCUT2D eigenvalue weighted by Crippen LogP contribution is 2.11. The number of anilines is 1. The molecule has 0 aliphatic heterocycles. The molecule has 1 aromatic rings. The fourth-order valence-electron chi connectivity index (χ4n) is 1.94. The van der Waals surface area contributed by atoms with Gasteiger partial charge in [0.05, 0.1) is 11.3 Å². The molecule has 0 radical (unpaired) electrons. The topological polar surface area (TPSA) is 48.4 Å². The lowest BCUT2D eigenvalue weighted by Gasteiger charge is -2.25. The summed E-state index contributed by atoms with van der Waals surface area (Å²) in [6.07, 6.45) is 2.93. The van der Waals surface area contributed by atoms with Crippen molar-refractivity contribution in [3.63, 3.8) is 0 Å². The van der Waals surface area contributed by atoms with Gasteiger partial charge in [0.1, 0.15) is 0 Å². The van der Waals surface area contributed by atoms with Crippen LogP contribution >= 0.6 is 0 Å². The van der Waals surface area contributed by atoms with Gasteiger partial charge in [-0.2, -0.15) is 0 Å². The summed E-state index contributed by atoms with van der Waals surface area (Å²) in [6.45, 7) is 8.12. The van der Waals surface area contributed by atoms with Crippen LogP contribution in [0.1, 0.15) is 32.9 Å². The van der Waals surface area contributed by atoms with Crippen LogP contribution in [0.25, 0.3) is 0 Å². The summed E-state index contributed by atoms with van der Waals surface area (Å²) in [5, 5.41) is 13.1. The number of aromatic nitrogens is 1. The first kappa shape index (κ1) is 14.9. The molecule has 0 aromatic carbocycles. The molecular formula is C14H25N3O. The van der Waals surface area contributed by atoms with Crippen LogP contribution in [0, 0.1) is 0 Å². The molecular weight excluding hydrogens is 226 g/mol.